The Balaban J connectivity index is 2.06. The first-order valence-electron chi connectivity index (χ1n) is 6.26. The predicted molar refractivity (Wildman–Crippen MR) is 69.1 cm³/mol. The van der Waals surface area contributed by atoms with Crippen LogP contribution >= 0.6 is 0 Å². The summed E-state index contributed by atoms with van der Waals surface area (Å²) in [5, 5.41) is 18.2. The lowest BCUT2D eigenvalue weighted by Crippen LogP contribution is -2.03. The zero-order valence-corrected chi connectivity index (χ0v) is 10.1. The summed E-state index contributed by atoms with van der Waals surface area (Å²) in [6, 6.07) is 5.22. The Kier molecular flexibility index (Phi) is 2.66. The summed E-state index contributed by atoms with van der Waals surface area (Å²) in [6.45, 7) is 0.947. The maximum absolute atomic E-state index is 9.68. The number of fused-ring (bicyclic) bond motifs is 1. The van der Waals surface area contributed by atoms with Gasteiger partial charge in [-0.25, -0.2) is 0 Å². The van der Waals surface area contributed by atoms with E-state index in [4.69, 9.17) is 5.73 Å². The van der Waals surface area contributed by atoms with Gasteiger partial charge in [-0.15, -0.1) is 10.2 Å². The van der Waals surface area contributed by atoms with Crippen molar-refractivity contribution >= 4 is 5.69 Å². The van der Waals surface area contributed by atoms with Crippen LogP contribution in [0.4, 0.5) is 5.69 Å². The molecular weight excluding hydrogens is 228 g/mol. The smallest absolute Gasteiger partial charge is 0.164 e. The third-order valence-electron chi connectivity index (χ3n) is 3.40. The predicted octanol–water partition coefficient (Wildman–Crippen LogP) is 1.96. The number of nitrogens with zero attached hydrogens (tertiary/aromatic N) is 3. The number of phenols is 1. The summed E-state index contributed by atoms with van der Waals surface area (Å²) in [5.74, 6) is 1.96. The van der Waals surface area contributed by atoms with Gasteiger partial charge in [0.05, 0.1) is 5.69 Å². The van der Waals surface area contributed by atoms with Crippen molar-refractivity contribution in [3.05, 3.63) is 24.0 Å². The Morgan fingerprint density at radius 3 is 2.89 bits per heavy atom. The number of benzene rings is 1. The maximum atomic E-state index is 9.68. The van der Waals surface area contributed by atoms with Gasteiger partial charge in [-0.1, -0.05) is 6.42 Å². The molecular formula is C13H16N4O. The van der Waals surface area contributed by atoms with Crippen molar-refractivity contribution in [3.8, 4) is 17.1 Å². The van der Waals surface area contributed by atoms with Crippen molar-refractivity contribution in [2.75, 3.05) is 5.73 Å². The number of phenolic OH excluding ortho intramolecular Hbond substituents is 1. The number of anilines is 1. The molecule has 3 rings (SSSR count). The third-order valence-corrected chi connectivity index (χ3v) is 3.40. The number of hydrogen-bond acceptors (Lipinski definition) is 4. The van der Waals surface area contributed by atoms with Crippen LogP contribution in [0, 0.1) is 0 Å². The average molecular weight is 244 g/mol. The number of aryl methyl sites for hydroxylation is 1. The summed E-state index contributed by atoms with van der Waals surface area (Å²) in [7, 11) is 0. The summed E-state index contributed by atoms with van der Waals surface area (Å²) in [4.78, 5) is 0. The zero-order chi connectivity index (χ0) is 12.5. The monoisotopic (exact) mass is 244 g/mol. The first-order chi connectivity index (χ1) is 8.75. The van der Waals surface area contributed by atoms with Crippen LogP contribution in [0.2, 0.25) is 0 Å². The van der Waals surface area contributed by atoms with Crippen LogP contribution in [0.3, 0.4) is 0 Å². The molecule has 0 saturated carbocycles. The van der Waals surface area contributed by atoms with Gasteiger partial charge in [0.15, 0.2) is 5.82 Å². The molecule has 2 aromatic rings. The Hall–Kier alpha value is -2.04. The second kappa shape index (κ2) is 4.33. The first-order valence-corrected chi connectivity index (χ1v) is 6.26. The molecule has 0 fully saturated rings. The highest BCUT2D eigenvalue weighted by Crippen LogP contribution is 2.28. The quantitative estimate of drug-likeness (QED) is 0.594. The van der Waals surface area contributed by atoms with E-state index in [1.54, 1.807) is 12.1 Å². The zero-order valence-electron chi connectivity index (χ0n) is 10.1. The second-order valence-corrected chi connectivity index (χ2v) is 4.68. The Bertz CT molecular complexity index is 576. The van der Waals surface area contributed by atoms with Crippen LogP contribution in [-0.4, -0.2) is 19.9 Å². The highest BCUT2D eigenvalue weighted by molar-refractivity contribution is 5.65. The molecule has 0 aliphatic carbocycles. The molecule has 0 unspecified atom stereocenters. The normalized spacial score (nSPS) is 15.1. The van der Waals surface area contributed by atoms with Crippen LogP contribution in [0.15, 0.2) is 18.2 Å². The summed E-state index contributed by atoms with van der Waals surface area (Å²) in [5.41, 5.74) is 6.86. The van der Waals surface area contributed by atoms with Gasteiger partial charge < -0.3 is 15.4 Å². The number of nitrogens with two attached hydrogens (primary N) is 1. The molecule has 0 saturated heterocycles. The molecule has 2 heterocycles. The lowest BCUT2D eigenvalue weighted by molar-refractivity contribution is 0.478. The number of aromatic hydroxyl groups is 1. The maximum Gasteiger partial charge on any atom is 0.164 e. The van der Waals surface area contributed by atoms with Gasteiger partial charge in [0, 0.05) is 18.5 Å². The van der Waals surface area contributed by atoms with Gasteiger partial charge in [-0.3, -0.25) is 0 Å². The van der Waals surface area contributed by atoms with E-state index in [1.165, 1.54) is 12.8 Å². The first kappa shape index (κ1) is 11.1. The van der Waals surface area contributed by atoms with E-state index in [2.05, 4.69) is 14.8 Å². The van der Waals surface area contributed by atoms with E-state index >= 15 is 0 Å². The van der Waals surface area contributed by atoms with E-state index in [-0.39, 0.29) is 5.75 Å². The Morgan fingerprint density at radius 1 is 1.17 bits per heavy atom. The van der Waals surface area contributed by atoms with E-state index in [0.717, 1.165) is 36.6 Å². The minimum atomic E-state index is 0.0958. The molecule has 0 amide bonds. The van der Waals surface area contributed by atoms with Crippen molar-refractivity contribution < 1.29 is 5.11 Å². The van der Waals surface area contributed by atoms with Crippen LogP contribution in [0.25, 0.3) is 11.4 Å². The molecule has 0 radical (unpaired) electrons. The van der Waals surface area contributed by atoms with E-state index < -0.39 is 0 Å². The molecule has 5 heteroatoms. The van der Waals surface area contributed by atoms with Gasteiger partial charge >= 0.3 is 0 Å². The van der Waals surface area contributed by atoms with Gasteiger partial charge in [0.2, 0.25) is 0 Å². The number of rotatable bonds is 1. The molecule has 1 aliphatic rings. The van der Waals surface area contributed by atoms with E-state index in [1.807, 2.05) is 6.07 Å². The lowest BCUT2D eigenvalue weighted by Gasteiger charge is -2.07. The minimum absolute atomic E-state index is 0.0958. The molecule has 0 spiro atoms. The minimum Gasteiger partial charge on any atom is -0.506 e. The standard InChI is InChI=1S/C13H16N4O/c14-10-6-5-9(8-11(10)18)13-16-15-12-4-2-1-3-7-17(12)13/h5-6,8,18H,1-4,7,14H2. The second-order valence-electron chi connectivity index (χ2n) is 4.68. The van der Waals surface area contributed by atoms with E-state index in [9.17, 15) is 5.11 Å². The Labute approximate surface area is 105 Å². The number of nitrogen functional groups attached to an aromatic ring is 1. The molecule has 1 aliphatic heterocycles. The molecule has 5 nitrogen and oxygen atoms in total. The van der Waals surface area contributed by atoms with Crippen molar-refractivity contribution in [1.82, 2.24) is 14.8 Å². The largest absolute Gasteiger partial charge is 0.506 e. The Morgan fingerprint density at radius 2 is 2.06 bits per heavy atom. The molecule has 0 bridgehead atoms. The molecule has 1 aromatic heterocycles. The molecule has 94 valence electrons. The highest BCUT2D eigenvalue weighted by Gasteiger charge is 2.16. The topological polar surface area (TPSA) is 77.0 Å². The summed E-state index contributed by atoms with van der Waals surface area (Å²) >= 11 is 0. The molecule has 1 aromatic carbocycles. The fourth-order valence-electron chi connectivity index (χ4n) is 2.38. The van der Waals surface area contributed by atoms with Crippen molar-refractivity contribution in [1.29, 1.82) is 0 Å². The molecule has 0 atom stereocenters. The average Bonchev–Trinajstić information content (AvgIpc) is 2.62. The lowest BCUT2D eigenvalue weighted by atomic mass is 10.2. The fraction of sp³-hybridized carbons (Fsp3) is 0.385. The van der Waals surface area contributed by atoms with Crippen LogP contribution < -0.4 is 5.73 Å². The SMILES string of the molecule is Nc1ccc(-c2nnc3n2CCCCC3)cc1O. The van der Waals surface area contributed by atoms with Gasteiger partial charge in [0.25, 0.3) is 0 Å². The van der Waals surface area contributed by atoms with Gasteiger partial charge in [0.1, 0.15) is 11.6 Å². The van der Waals surface area contributed by atoms with Crippen molar-refractivity contribution in [3.63, 3.8) is 0 Å². The van der Waals surface area contributed by atoms with Crippen molar-refractivity contribution in [2.24, 2.45) is 0 Å². The number of hydrogen-bond donors (Lipinski definition) is 2. The molecule has 18 heavy (non-hydrogen) atoms. The fourth-order valence-corrected chi connectivity index (χ4v) is 2.38. The van der Waals surface area contributed by atoms with Crippen LogP contribution in [0.5, 0.6) is 5.75 Å². The third kappa shape index (κ3) is 1.81. The van der Waals surface area contributed by atoms with E-state index in [0.29, 0.717) is 5.69 Å². The van der Waals surface area contributed by atoms with Gasteiger partial charge in [-0.05, 0) is 31.0 Å². The van der Waals surface area contributed by atoms with Gasteiger partial charge in [-0.2, -0.15) is 0 Å². The summed E-state index contributed by atoms with van der Waals surface area (Å²) in [6.07, 6.45) is 4.54. The molecule has 3 N–H and O–H groups in total. The number of aromatic nitrogens is 3. The highest BCUT2D eigenvalue weighted by atomic mass is 16.3. The van der Waals surface area contributed by atoms with Crippen LogP contribution in [-0.2, 0) is 13.0 Å². The van der Waals surface area contributed by atoms with Crippen LogP contribution in [0.1, 0.15) is 25.1 Å². The summed E-state index contributed by atoms with van der Waals surface area (Å²) < 4.78 is 2.15. The van der Waals surface area contributed by atoms with Crippen molar-refractivity contribution in [2.45, 2.75) is 32.2 Å².